The number of hydrogen-bond acceptors (Lipinski definition) is 4. The van der Waals surface area contributed by atoms with Gasteiger partial charge in [-0.3, -0.25) is 14.8 Å². The Morgan fingerprint density at radius 2 is 2.04 bits per heavy atom. The molecule has 5 heteroatoms. The molecule has 0 amide bonds. The van der Waals surface area contributed by atoms with E-state index in [1.165, 1.54) is 36.5 Å². The summed E-state index contributed by atoms with van der Waals surface area (Å²) in [5.41, 5.74) is 1.19. The topological polar surface area (TPSA) is 19.4 Å². The third kappa shape index (κ3) is 3.77. The van der Waals surface area contributed by atoms with Gasteiger partial charge in [-0.15, -0.1) is 11.3 Å². The van der Waals surface area contributed by atoms with Gasteiger partial charge in [0, 0.05) is 49.8 Å². The summed E-state index contributed by atoms with van der Waals surface area (Å²) in [7, 11) is 0. The van der Waals surface area contributed by atoms with E-state index in [1.807, 2.05) is 18.3 Å². The zero-order valence-corrected chi connectivity index (χ0v) is 14.8. The van der Waals surface area contributed by atoms with Crippen LogP contribution in [0.25, 0.3) is 0 Å². The van der Waals surface area contributed by atoms with Crippen molar-refractivity contribution >= 4 is 22.9 Å². The van der Waals surface area contributed by atoms with Crippen LogP contribution >= 0.6 is 22.9 Å². The SMILES string of the molecule is Clc1ccc(CN2C[C@H]3CC[C@@H]2CN(Cc2ccccn2)C3)s1. The largest absolute Gasteiger partial charge is 0.296 e. The molecule has 5 rings (SSSR count). The summed E-state index contributed by atoms with van der Waals surface area (Å²) in [6.45, 7) is 5.61. The maximum absolute atomic E-state index is 6.09. The Balaban J connectivity index is 1.44. The minimum Gasteiger partial charge on any atom is -0.296 e. The van der Waals surface area contributed by atoms with Crippen molar-refractivity contribution in [2.75, 3.05) is 19.6 Å². The van der Waals surface area contributed by atoms with Gasteiger partial charge in [-0.2, -0.15) is 0 Å². The summed E-state index contributed by atoms with van der Waals surface area (Å²) in [6, 6.07) is 11.1. The second-order valence-electron chi connectivity index (χ2n) is 6.75. The van der Waals surface area contributed by atoms with Crippen molar-refractivity contribution in [3.05, 3.63) is 51.4 Å². The Hall–Kier alpha value is -0.940. The molecule has 3 nitrogen and oxygen atoms in total. The molecule has 0 spiro atoms. The number of pyridine rings is 1. The molecule has 2 bridgehead atoms. The number of thiophene rings is 1. The molecule has 3 aliphatic rings. The normalized spacial score (nSPS) is 25.6. The lowest BCUT2D eigenvalue weighted by atomic mass is 9.95. The van der Waals surface area contributed by atoms with E-state index in [-0.39, 0.29) is 0 Å². The Kier molecular flexibility index (Phi) is 4.67. The van der Waals surface area contributed by atoms with Crippen molar-refractivity contribution in [3.8, 4) is 0 Å². The van der Waals surface area contributed by atoms with Crippen LogP contribution in [0.1, 0.15) is 23.4 Å². The molecule has 5 heterocycles. The van der Waals surface area contributed by atoms with Gasteiger partial charge in [-0.05, 0) is 43.0 Å². The van der Waals surface area contributed by atoms with E-state index in [1.54, 1.807) is 11.3 Å². The summed E-state index contributed by atoms with van der Waals surface area (Å²) in [6.07, 6.45) is 4.59. The molecule has 0 radical (unpaired) electrons. The quantitative estimate of drug-likeness (QED) is 0.836. The average molecular weight is 348 g/mol. The predicted octanol–water partition coefficient (Wildman–Crippen LogP) is 3.89. The standard InChI is InChI=1S/C18H22ClN3S/c19-18-7-6-17(23-18)13-22-10-14-4-5-16(22)12-21(9-14)11-15-3-1-2-8-20-15/h1-3,6-8,14,16H,4-5,9-13H2/t14-,16+/m0/s1. The first-order chi connectivity index (χ1) is 11.3. The smallest absolute Gasteiger partial charge is 0.0931 e. The van der Waals surface area contributed by atoms with E-state index < -0.39 is 0 Å². The van der Waals surface area contributed by atoms with Gasteiger partial charge in [-0.1, -0.05) is 17.7 Å². The number of piperidine rings is 1. The van der Waals surface area contributed by atoms with E-state index in [2.05, 4.69) is 33.0 Å². The zero-order chi connectivity index (χ0) is 15.6. The highest BCUT2D eigenvalue weighted by Gasteiger charge is 2.34. The lowest BCUT2D eigenvalue weighted by molar-refractivity contribution is 0.124. The summed E-state index contributed by atoms with van der Waals surface area (Å²) in [5.74, 6) is 0.785. The number of aromatic nitrogens is 1. The van der Waals surface area contributed by atoms with Gasteiger partial charge < -0.3 is 0 Å². The van der Waals surface area contributed by atoms with Crippen molar-refractivity contribution in [2.24, 2.45) is 5.92 Å². The fourth-order valence-electron chi connectivity index (χ4n) is 3.96. The van der Waals surface area contributed by atoms with Crippen molar-refractivity contribution in [3.63, 3.8) is 0 Å². The molecular weight excluding hydrogens is 326 g/mol. The van der Waals surface area contributed by atoms with Gasteiger partial charge in [0.15, 0.2) is 0 Å². The Morgan fingerprint density at radius 3 is 2.83 bits per heavy atom. The van der Waals surface area contributed by atoms with E-state index >= 15 is 0 Å². The first kappa shape index (κ1) is 15.6. The minimum absolute atomic E-state index is 0.665. The van der Waals surface area contributed by atoms with Crippen LogP contribution in [0, 0.1) is 5.92 Å². The number of rotatable bonds is 4. The van der Waals surface area contributed by atoms with Crippen LogP contribution in [-0.4, -0.2) is 40.5 Å². The van der Waals surface area contributed by atoms with E-state index in [0.29, 0.717) is 6.04 Å². The van der Waals surface area contributed by atoms with Crippen LogP contribution in [-0.2, 0) is 13.1 Å². The van der Waals surface area contributed by atoms with E-state index in [0.717, 1.165) is 29.9 Å². The summed E-state index contributed by atoms with van der Waals surface area (Å²) in [4.78, 5) is 11.2. The fourth-order valence-corrected chi connectivity index (χ4v) is 5.07. The lowest BCUT2D eigenvalue weighted by Crippen LogP contribution is -2.43. The van der Waals surface area contributed by atoms with Gasteiger partial charge in [0.2, 0.25) is 0 Å². The highest BCUT2D eigenvalue weighted by Crippen LogP contribution is 2.31. The summed E-state index contributed by atoms with van der Waals surface area (Å²) < 4.78 is 0.900. The Labute approximate surface area is 146 Å². The second kappa shape index (κ2) is 6.89. The maximum atomic E-state index is 6.09. The molecule has 2 aromatic rings. The summed E-state index contributed by atoms with van der Waals surface area (Å²) in [5, 5.41) is 0. The molecule has 0 N–H and O–H groups in total. The molecule has 0 saturated carbocycles. The number of nitrogens with zero attached hydrogens (tertiary/aromatic N) is 3. The van der Waals surface area contributed by atoms with E-state index in [9.17, 15) is 0 Å². The molecule has 0 unspecified atom stereocenters. The highest BCUT2D eigenvalue weighted by atomic mass is 35.5. The molecule has 3 saturated heterocycles. The second-order valence-corrected chi connectivity index (χ2v) is 8.55. The Morgan fingerprint density at radius 1 is 1.09 bits per heavy atom. The predicted molar refractivity (Wildman–Crippen MR) is 95.8 cm³/mol. The zero-order valence-electron chi connectivity index (χ0n) is 13.2. The van der Waals surface area contributed by atoms with Crippen molar-refractivity contribution in [1.82, 2.24) is 14.8 Å². The highest BCUT2D eigenvalue weighted by molar-refractivity contribution is 7.16. The maximum Gasteiger partial charge on any atom is 0.0931 e. The average Bonchev–Trinajstić information content (AvgIpc) is 2.77. The molecule has 23 heavy (non-hydrogen) atoms. The molecule has 0 aliphatic carbocycles. The van der Waals surface area contributed by atoms with Crippen LogP contribution in [0.3, 0.4) is 0 Å². The first-order valence-corrected chi connectivity index (χ1v) is 9.56. The van der Waals surface area contributed by atoms with E-state index in [4.69, 9.17) is 11.6 Å². The Bertz CT molecular complexity index is 645. The van der Waals surface area contributed by atoms with Gasteiger partial charge in [0.05, 0.1) is 10.0 Å². The van der Waals surface area contributed by atoms with Crippen LogP contribution in [0.15, 0.2) is 36.5 Å². The number of halogens is 1. The molecule has 2 aromatic heterocycles. The fraction of sp³-hybridized carbons (Fsp3) is 0.500. The monoisotopic (exact) mass is 347 g/mol. The van der Waals surface area contributed by atoms with Gasteiger partial charge in [-0.25, -0.2) is 0 Å². The molecule has 0 aromatic carbocycles. The number of fused-ring (bicyclic) bond motifs is 4. The number of hydrogen-bond donors (Lipinski definition) is 0. The third-order valence-corrected chi connectivity index (χ3v) is 6.22. The van der Waals surface area contributed by atoms with Crippen molar-refractivity contribution < 1.29 is 0 Å². The molecule has 122 valence electrons. The van der Waals surface area contributed by atoms with Crippen LogP contribution in [0.5, 0.6) is 0 Å². The van der Waals surface area contributed by atoms with Crippen LogP contribution in [0.2, 0.25) is 4.34 Å². The van der Waals surface area contributed by atoms with Crippen molar-refractivity contribution in [1.29, 1.82) is 0 Å². The summed E-state index contributed by atoms with van der Waals surface area (Å²) >= 11 is 7.81. The third-order valence-electron chi connectivity index (χ3n) is 5.00. The first-order valence-electron chi connectivity index (χ1n) is 8.37. The van der Waals surface area contributed by atoms with Crippen LogP contribution in [0.4, 0.5) is 0 Å². The van der Waals surface area contributed by atoms with Gasteiger partial charge in [0.1, 0.15) is 0 Å². The molecule has 2 atom stereocenters. The minimum atomic E-state index is 0.665. The molecule has 3 fully saturated rings. The van der Waals surface area contributed by atoms with Crippen LogP contribution < -0.4 is 0 Å². The van der Waals surface area contributed by atoms with Gasteiger partial charge in [0.25, 0.3) is 0 Å². The van der Waals surface area contributed by atoms with Crippen molar-refractivity contribution in [2.45, 2.75) is 32.0 Å². The lowest BCUT2D eigenvalue weighted by Gasteiger charge is -2.35. The molecular formula is C18H22ClN3S. The van der Waals surface area contributed by atoms with Gasteiger partial charge >= 0.3 is 0 Å². The molecule has 3 aliphatic heterocycles.